The monoisotopic (exact) mass is 353 g/mol. The Hall–Kier alpha value is -2.60. The average Bonchev–Trinajstić information content (AvgIpc) is 3.00. The SMILES string of the molecule is COc1ccc(C(=O)CSc2nnc(-c3cccc(C)c3)n2C)cc1. The van der Waals surface area contributed by atoms with E-state index < -0.39 is 0 Å². The van der Waals surface area contributed by atoms with Crippen molar-refractivity contribution in [3.63, 3.8) is 0 Å². The summed E-state index contributed by atoms with van der Waals surface area (Å²) in [5.41, 5.74) is 2.85. The predicted octanol–water partition coefficient (Wildman–Crippen LogP) is 3.77. The Labute approximate surface area is 151 Å². The number of carbonyl (C=O) groups excluding carboxylic acids is 1. The first kappa shape index (κ1) is 17.2. The van der Waals surface area contributed by atoms with E-state index >= 15 is 0 Å². The van der Waals surface area contributed by atoms with E-state index in [0.29, 0.717) is 11.3 Å². The molecule has 5 nitrogen and oxygen atoms in total. The summed E-state index contributed by atoms with van der Waals surface area (Å²) < 4.78 is 7.03. The number of hydrogen-bond donors (Lipinski definition) is 0. The van der Waals surface area contributed by atoms with Gasteiger partial charge in [-0.2, -0.15) is 0 Å². The van der Waals surface area contributed by atoms with Crippen LogP contribution < -0.4 is 4.74 Å². The molecule has 6 heteroatoms. The Balaban J connectivity index is 1.70. The minimum Gasteiger partial charge on any atom is -0.497 e. The van der Waals surface area contributed by atoms with Crippen LogP contribution in [-0.4, -0.2) is 33.4 Å². The van der Waals surface area contributed by atoms with Gasteiger partial charge in [0.15, 0.2) is 16.8 Å². The van der Waals surface area contributed by atoms with Gasteiger partial charge >= 0.3 is 0 Å². The van der Waals surface area contributed by atoms with Gasteiger partial charge in [0, 0.05) is 18.2 Å². The number of aryl methyl sites for hydroxylation is 1. The van der Waals surface area contributed by atoms with E-state index in [1.54, 1.807) is 31.4 Å². The lowest BCUT2D eigenvalue weighted by atomic mass is 10.1. The van der Waals surface area contributed by atoms with Gasteiger partial charge in [0.25, 0.3) is 0 Å². The molecule has 0 saturated carbocycles. The van der Waals surface area contributed by atoms with Crippen LogP contribution in [-0.2, 0) is 7.05 Å². The molecule has 0 aliphatic heterocycles. The van der Waals surface area contributed by atoms with E-state index in [4.69, 9.17) is 4.74 Å². The molecule has 0 radical (unpaired) electrons. The zero-order valence-electron chi connectivity index (χ0n) is 14.4. The van der Waals surface area contributed by atoms with Crippen LogP contribution in [0.4, 0.5) is 0 Å². The number of nitrogens with zero attached hydrogens (tertiary/aromatic N) is 3. The lowest BCUT2D eigenvalue weighted by Crippen LogP contribution is -2.04. The zero-order chi connectivity index (χ0) is 17.8. The van der Waals surface area contributed by atoms with Crippen molar-refractivity contribution in [2.45, 2.75) is 12.1 Å². The number of rotatable bonds is 6. The minimum absolute atomic E-state index is 0.0489. The molecule has 0 unspecified atom stereocenters. The molecule has 0 spiro atoms. The number of ether oxygens (including phenoxy) is 1. The summed E-state index contributed by atoms with van der Waals surface area (Å²) >= 11 is 1.39. The number of hydrogen-bond acceptors (Lipinski definition) is 5. The van der Waals surface area contributed by atoms with Gasteiger partial charge in [-0.25, -0.2) is 0 Å². The summed E-state index contributed by atoms with van der Waals surface area (Å²) in [6.07, 6.45) is 0. The third kappa shape index (κ3) is 3.91. The molecule has 1 aromatic heterocycles. The van der Waals surface area contributed by atoms with E-state index in [1.807, 2.05) is 36.7 Å². The van der Waals surface area contributed by atoms with Crippen molar-refractivity contribution in [3.05, 3.63) is 59.7 Å². The number of carbonyl (C=O) groups is 1. The predicted molar refractivity (Wildman–Crippen MR) is 99.2 cm³/mol. The van der Waals surface area contributed by atoms with Gasteiger partial charge in [0.2, 0.25) is 0 Å². The summed E-state index contributed by atoms with van der Waals surface area (Å²) in [7, 11) is 3.52. The number of thioether (sulfide) groups is 1. The van der Waals surface area contributed by atoms with Crippen LogP contribution in [0.2, 0.25) is 0 Å². The fourth-order valence-corrected chi connectivity index (χ4v) is 3.27. The molecule has 0 aliphatic carbocycles. The standard InChI is InChI=1S/C19H19N3O2S/c1-13-5-4-6-15(11-13)18-20-21-19(22(18)2)25-12-17(23)14-7-9-16(24-3)10-8-14/h4-11H,12H2,1-3H3. The first-order valence-electron chi connectivity index (χ1n) is 7.85. The molecular formula is C19H19N3O2S. The highest BCUT2D eigenvalue weighted by Crippen LogP contribution is 2.24. The van der Waals surface area contributed by atoms with Crippen molar-refractivity contribution in [3.8, 4) is 17.1 Å². The van der Waals surface area contributed by atoms with Crippen LogP contribution in [0.25, 0.3) is 11.4 Å². The van der Waals surface area contributed by atoms with Gasteiger partial charge in [-0.15, -0.1) is 10.2 Å². The van der Waals surface area contributed by atoms with Gasteiger partial charge in [-0.05, 0) is 37.3 Å². The summed E-state index contributed by atoms with van der Waals surface area (Å²) in [5.74, 6) is 1.89. The van der Waals surface area contributed by atoms with Crippen molar-refractivity contribution in [2.24, 2.45) is 7.05 Å². The largest absolute Gasteiger partial charge is 0.497 e. The molecule has 0 atom stereocenters. The van der Waals surface area contributed by atoms with E-state index in [-0.39, 0.29) is 5.78 Å². The van der Waals surface area contributed by atoms with E-state index in [1.165, 1.54) is 17.3 Å². The quantitative estimate of drug-likeness (QED) is 0.499. The van der Waals surface area contributed by atoms with Crippen LogP contribution in [0.5, 0.6) is 5.75 Å². The maximum atomic E-state index is 12.3. The maximum absolute atomic E-state index is 12.3. The number of Topliss-reactive ketones (excluding diaryl/α,β-unsaturated/α-hetero) is 1. The molecular weight excluding hydrogens is 334 g/mol. The smallest absolute Gasteiger partial charge is 0.191 e. The molecule has 0 fully saturated rings. The van der Waals surface area contributed by atoms with Crippen molar-refractivity contribution in [2.75, 3.05) is 12.9 Å². The molecule has 3 aromatic rings. The van der Waals surface area contributed by atoms with Crippen molar-refractivity contribution >= 4 is 17.5 Å². The maximum Gasteiger partial charge on any atom is 0.191 e. The number of ketones is 1. The van der Waals surface area contributed by atoms with Crippen LogP contribution in [0, 0.1) is 6.92 Å². The highest BCUT2D eigenvalue weighted by Gasteiger charge is 2.14. The van der Waals surface area contributed by atoms with Crippen molar-refractivity contribution in [1.82, 2.24) is 14.8 Å². The lowest BCUT2D eigenvalue weighted by Gasteiger charge is -2.05. The van der Waals surface area contributed by atoms with Crippen LogP contribution >= 0.6 is 11.8 Å². The second kappa shape index (κ2) is 7.53. The third-order valence-corrected chi connectivity index (χ3v) is 4.88. The summed E-state index contributed by atoms with van der Waals surface area (Å²) in [6.45, 7) is 2.04. The number of aromatic nitrogens is 3. The Morgan fingerprint density at radius 1 is 1.16 bits per heavy atom. The Morgan fingerprint density at radius 2 is 1.92 bits per heavy atom. The molecule has 0 bridgehead atoms. The van der Waals surface area contributed by atoms with Gasteiger partial charge < -0.3 is 9.30 Å². The highest BCUT2D eigenvalue weighted by atomic mass is 32.2. The van der Waals surface area contributed by atoms with E-state index in [9.17, 15) is 4.79 Å². The van der Waals surface area contributed by atoms with Gasteiger partial charge in [-0.1, -0.05) is 35.5 Å². The Kier molecular flexibility index (Phi) is 5.19. The average molecular weight is 353 g/mol. The molecule has 128 valence electrons. The summed E-state index contributed by atoms with van der Waals surface area (Å²) in [5, 5.41) is 9.20. The second-order valence-corrected chi connectivity index (χ2v) is 6.62. The molecule has 0 N–H and O–H groups in total. The molecule has 1 heterocycles. The number of methoxy groups -OCH3 is 1. The van der Waals surface area contributed by atoms with Crippen molar-refractivity contribution in [1.29, 1.82) is 0 Å². The topological polar surface area (TPSA) is 57.0 Å². The minimum atomic E-state index is 0.0489. The Morgan fingerprint density at radius 3 is 2.60 bits per heavy atom. The zero-order valence-corrected chi connectivity index (χ0v) is 15.2. The van der Waals surface area contributed by atoms with Crippen LogP contribution in [0.3, 0.4) is 0 Å². The first-order valence-corrected chi connectivity index (χ1v) is 8.83. The fraction of sp³-hybridized carbons (Fsp3) is 0.211. The second-order valence-electron chi connectivity index (χ2n) is 5.68. The lowest BCUT2D eigenvalue weighted by molar-refractivity contribution is 0.102. The molecule has 25 heavy (non-hydrogen) atoms. The fourth-order valence-electron chi connectivity index (χ4n) is 2.47. The molecule has 0 amide bonds. The summed E-state index contributed by atoms with van der Waals surface area (Å²) in [4.78, 5) is 12.3. The van der Waals surface area contributed by atoms with Crippen molar-refractivity contribution < 1.29 is 9.53 Å². The molecule has 0 aliphatic rings. The van der Waals surface area contributed by atoms with E-state index in [2.05, 4.69) is 16.3 Å². The summed E-state index contributed by atoms with van der Waals surface area (Å²) in [6, 6.07) is 15.2. The molecule has 3 rings (SSSR count). The van der Waals surface area contributed by atoms with Gasteiger partial charge in [-0.3, -0.25) is 4.79 Å². The van der Waals surface area contributed by atoms with E-state index in [0.717, 1.165) is 22.3 Å². The molecule has 2 aromatic carbocycles. The van der Waals surface area contributed by atoms with Crippen LogP contribution in [0.1, 0.15) is 15.9 Å². The van der Waals surface area contributed by atoms with Crippen LogP contribution in [0.15, 0.2) is 53.7 Å². The normalized spacial score (nSPS) is 10.7. The molecule has 0 saturated heterocycles. The Bertz CT molecular complexity index is 888. The third-order valence-electron chi connectivity index (χ3n) is 3.86. The highest BCUT2D eigenvalue weighted by molar-refractivity contribution is 7.99. The van der Waals surface area contributed by atoms with Gasteiger partial charge in [0.05, 0.1) is 12.9 Å². The van der Waals surface area contributed by atoms with Gasteiger partial charge in [0.1, 0.15) is 5.75 Å². The first-order chi connectivity index (χ1) is 12.1. The number of benzene rings is 2.